The lowest BCUT2D eigenvalue weighted by atomic mass is 10.2. The molecule has 2 aromatic rings. The van der Waals surface area contributed by atoms with Crippen molar-refractivity contribution in [1.29, 1.82) is 0 Å². The van der Waals surface area contributed by atoms with Gasteiger partial charge in [0.15, 0.2) is 22.5 Å². The van der Waals surface area contributed by atoms with Crippen molar-refractivity contribution in [3.05, 3.63) is 35.4 Å². The van der Waals surface area contributed by atoms with Crippen LogP contribution in [-0.4, -0.2) is 34.5 Å². The molecule has 0 saturated carbocycles. The van der Waals surface area contributed by atoms with Gasteiger partial charge in [0.2, 0.25) is 0 Å². The van der Waals surface area contributed by atoms with Crippen LogP contribution in [0.1, 0.15) is 24.3 Å². The Morgan fingerprint density at radius 1 is 1.42 bits per heavy atom. The Morgan fingerprint density at radius 2 is 2.12 bits per heavy atom. The number of aromatic nitrogens is 3. The topological polar surface area (TPSA) is 97.0 Å². The summed E-state index contributed by atoms with van der Waals surface area (Å²) in [5.41, 5.74) is 6.40. The van der Waals surface area contributed by atoms with E-state index < -0.39 is 5.91 Å². The highest BCUT2D eigenvalue weighted by Gasteiger charge is 2.19. The highest BCUT2D eigenvalue weighted by Crippen LogP contribution is 2.24. The average Bonchev–Trinajstić information content (AvgIpc) is 2.49. The lowest BCUT2D eigenvalue weighted by Crippen LogP contribution is -2.26. The van der Waals surface area contributed by atoms with Crippen molar-refractivity contribution in [2.24, 2.45) is 5.92 Å². The smallest absolute Gasteiger partial charge is 0.278 e. The van der Waals surface area contributed by atoms with Gasteiger partial charge in [0.05, 0.1) is 11.9 Å². The number of nitrogens with zero attached hydrogens (tertiary/aromatic N) is 4. The zero-order valence-corrected chi connectivity index (χ0v) is 15.2. The second-order valence-corrected chi connectivity index (χ2v) is 5.90. The molecular formula is C15H20Cl2N6O. The van der Waals surface area contributed by atoms with Gasteiger partial charge < -0.3 is 16.0 Å². The SMILES string of the molecule is CC(C)CN(C)c1nc(N)c(C(=O)Nc2cccnc2)nc1Cl.Cl. The van der Waals surface area contributed by atoms with Gasteiger partial charge in [0, 0.05) is 19.8 Å². The highest BCUT2D eigenvalue weighted by molar-refractivity contribution is 6.32. The van der Waals surface area contributed by atoms with E-state index in [0.29, 0.717) is 17.4 Å². The van der Waals surface area contributed by atoms with Crippen LogP contribution in [-0.2, 0) is 0 Å². The minimum atomic E-state index is -0.483. The molecule has 0 aromatic carbocycles. The number of carbonyl (C=O) groups is 1. The number of pyridine rings is 1. The van der Waals surface area contributed by atoms with E-state index in [2.05, 4.69) is 34.1 Å². The molecule has 0 aliphatic carbocycles. The fourth-order valence-electron chi connectivity index (χ4n) is 2.09. The fourth-order valence-corrected chi connectivity index (χ4v) is 2.36. The van der Waals surface area contributed by atoms with E-state index in [9.17, 15) is 4.79 Å². The lowest BCUT2D eigenvalue weighted by molar-refractivity contribution is 0.102. The summed E-state index contributed by atoms with van der Waals surface area (Å²) >= 11 is 6.16. The molecule has 0 radical (unpaired) electrons. The van der Waals surface area contributed by atoms with Crippen LogP contribution in [0, 0.1) is 5.92 Å². The number of amides is 1. The maximum absolute atomic E-state index is 12.3. The summed E-state index contributed by atoms with van der Waals surface area (Å²) in [5.74, 6) is 0.424. The fraction of sp³-hybridized carbons (Fsp3) is 0.333. The van der Waals surface area contributed by atoms with Crippen molar-refractivity contribution >= 4 is 47.2 Å². The molecule has 2 aromatic heterocycles. The van der Waals surface area contributed by atoms with Crippen LogP contribution in [0.3, 0.4) is 0 Å². The number of nitrogens with two attached hydrogens (primary N) is 1. The van der Waals surface area contributed by atoms with E-state index in [1.165, 1.54) is 6.20 Å². The minimum absolute atomic E-state index is 0. The Bertz CT molecular complexity index is 696. The molecule has 9 heteroatoms. The largest absolute Gasteiger partial charge is 0.382 e. The van der Waals surface area contributed by atoms with Crippen LogP contribution in [0.25, 0.3) is 0 Å². The van der Waals surface area contributed by atoms with Crippen molar-refractivity contribution in [2.45, 2.75) is 13.8 Å². The third kappa shape index (κ3) is 4.94. The van der Waals surface area contributed by atoms with Crippen LogP contribution in [0.15, 0.2) is 24.5 Å². The first-order valence-corrected chi connectivity index (χ1v) is 7.51. The molecule has 24 heavy (non-hydrogen) atoms. The second-order valence-electron chi connectivity index (χ2n) is 5.54. The summed E-state index contributed by atoms with van der Waals surface area (Å²) in [4.78, 5) is 26.4. The van der Waals surface area contributed by atoms with E-state index in [4.69, 9.17) is 17.3 Å². The summed E-state index contributed by atoms with van der Waals surface area (Å²) in [6.45, 7) is 4.91. The van der Waals surface area contributed by atoms with Crippen molar-refractivity contribution in [2.75, 3.05) is 29.5 Å². The summed E-state index contributed by atoms with van der Waals surface area (Å²) in [6, 6.07) is 3.42. The van der Waals surface area contributed by atoms with Crippen molar-refractivity contribution in [1.82, 2.24) is 15.0 Å². The molecule has 0 bridgehead atoms. The van der Waals surface area contributed by atoms with E-state index in [-0.39, 0.29) is 29.1 Å². The number of nitrogen functional groups attached to an aromatic ring is 1. The molecule has 0 atom stereocenters. The van der Waals surface area contributed by atoms with Gasteiger partial charge in [-0.15, -0.1) is 12.4 Å². The third-order valence-corrected chi connectivity index (χ3v) is 3.25. The highest BCUT2D eigenvalue weighted by atomic mass is 35.5. The van der Waals surface area contributed by atoms with Crippen LogP contribution in [0.5, 0.6) is 0 Å². The van der Waals surface area contributed by atoms with Crippen LogP contribution < -0.4 is 16.0 Å². The molecule has 7 nitrogen and oxygen atoms in total. The molecule has 1 amide bonds. The van der Waals surface area contributed by atoms with Gasteiger partial charge >= 0.3 is 0 Å². The Kier molecular flexibility index (Phi) is 7.18. The van der Waals surface area contributed by atoms with Gasteiger partial charge in [-0.05, 0) is 18.1 Å². The first kappa shape index (κ1) is 19.9. The molecule has 2 heterocycles. The predicted octanol–water partition coefficient (Wildman–Crippen LogP) is 2.87. The summed E-state index contributed by atoms with van der Waals surface area (Å²) in [6.07, 6.45) is 3.13. The predicted molar refractivity (Wildman–Crippen MR) is 99.0 cm³/mol. The molecule has 130 valence electrons. The van der Waals surface area contributed by atoms with Crippen molar-refractivity contribution in [3.63, 3.8) is 0 Å². The normalized spacial score (nSPS) is 10.2. The van der Waals surface area contributed by atoms with Crippen LogP contribution in [0.2, 0.25) is 5.15 Å². The monoisotopic (exact) mass is 370 g/mol. The van der Waals surface area contributed by atoms with Gasteiger partial charge in [-0.25, -0.2) is 9.97 Å². The Morgan fingerprint density at radius 3 is 2.71 bits per heavy atom. The van der Waals surface area contributed by atoms with E-state index in [0.717, 1.165) is 6.54 Å². The number of nitrogens with one attached hydrogen (secondary N) is 1. The van der Waals surface area contributed by atoms with Crippen LogP contribution in [0.4, 0.5) is 17.3 Å². The molecule has 2 rings (SSSR count). The summed E-state index contributed by atoms with van der Waals surface area (Å²) < 4.78 is 0. The third-order valence-electron chi connectivity index (χ3n) is 3.00. The molecule has 0 fully saturated rings. The standard InChI is InChI=1S/C15H19ClN6O.ClH/c1-9(2)8-22(3)14-12(16)20-11(13(17)21-14)15(23)19-10-5-4-6-18-7-10;/h4-7,9H,8H2,1-3H3,(H2,17,21)(H,19,23);1H. The summed E-state index contributed by atoms with van der Waals surface area (Å²) in [7, 11) is 1.85. The maximum Gasteiger partial charge on any atom is 0.278 e. The molecule has 0 aliphatic heterocycles. The number of hydrogen-bond acceptors (Lipinski definition) is 6. The zero-order valence-electron chi connectivity index (χ0n) is 13.7. The molecule has 3 N–H and O–H groups in total. The second kappa shape index (κ2) is 8.65. The average molecular weight is 371 g/mol. The number of anilines is 3. The van der Waals surface area contributed by atoms with Gasteiger partial charge in [-0.1, -0.05) is 25.4 Å². The summed E-state index contributed by atoms with van der Waals surface area (Å²) in [5, 5.41) is 2.79. The lowest BCUT2D eigenvalue weighted by Gasteiger charge is -2.21. The van der Waals surface area contributed by atoms with E-state index >= 15 is 0 Å². The van der Waals surface area contributed by atoms with Gasteiger partial charge in [0.1, 0.15) is 0 Å². The van der Waals surface area contributed by atoms with Crippen molar-refractivity contribution < 1.29 is 4.79 Å². The van der Waals surface area contributed by atoms with Gasteiger partial charge in [-0.3, -0.25) is 9.78 Å². The molecule has 0 spiro atoms. The Balaban J connectivity index is 0.00000288. The van der Waals surface area contributed by atoms with E-state index in [1.807, 2.05) is 11.9 Å². The first-order valence-electron chi connectivity index (χ1n) is 7.14. The number of hydrogen-bond donors (Lipinski definition) is 2. The number of halogens is 2. The maximum atomic E-state index is 12.3. The van der Waals surface area contributed by atoms with E-state index in [1.54, 1.807) is 18.3 Å². The zero-order chi connectivity index (χ0) is 17.0. The Labute approximate surface area is 152 Å². The minimum Gasteiger partial charge on any atom is -0.382 e. The Hall–Kier alpha value is -2.12. The van der Waals surface area contributed by atoms with Gasteiger partial charge in [-0.2, -0.15) is 0 Å². The number of carbonyl (C=O) groups excluding carboxylic acids is 1. The van der Waals surface area contributed by atoms with Crippen molar-refractivity contribution in [3.8, 4) is 0 Å². The number of rotatable bonds is 5. The van der Waals surface area contributed by atoms with Gasteiger partial charge in [0.25, 0.3) is 5.91 Å². The molecule has 0 unspecified atom stereocenters. The first-order chi connectivity index (χ1) is 10.9. The molecular weight excluding hydrogens is 351 g/mol. The molecule has 0 saturated heterocycles. The van der Waals surface area contributed by atoms with Crippen LogP contribution >= 0.6 is 24.0 Å². The quantitative estimate of drug-likeness (QED) is 0.839. The molecule has 0 aliphatic rings.